The van der Waals surface area contributed by atoms with Gasteiger partial charge >= 0.3 is 0 Å². The number of nitrogens with one attached hydrogen (secondary N) is 1. The Hall–Kier alpha value is -0.870. The topological polar surface area (TPSA) is 32.3 Å². The van der Waals surface area contributed by atoms with Gasteiger partial charge in [0.25, 0.3) is 0 Å². The summed E-state index contributed by atoms with van der Waals surface area (Å²) in [6, 6.07) is 8.96. The molecule has 0 aliphatic heterocycles. The Morgan fingerprint density at radius 3 is 2.38 bits per heavy atom. The molecule has 0 heterocycles. The molecule has 1 aliphatic rings. The van der Waals surface area contributed by atoms with Crippen molar-refractivity contribution in [2.45, 2.75) is 51.6 Å². The molecule has 0 aromatic heterocycles. The molecule has 1 aromatic carbocycles. The first-order valence-corrected chi connectivity index (χ1v) is 8.64. The quantitative estimate of drug-likeness (QED) is 0.848. The fraction of sp³-hybridized carbons (Fsp3) is 0.588. The summed E-state index contributed by atoms with van der Waals surface area (Å²) < 4.78 is 1.12. The smallest absolute Gasteiger partial charge is 0.239 e. The van der Waals surface area contributed by atoms with Crippen LogP contribution < -0.4 is 5.32 Å². The van der Waals surface area contributed by atoms with Gasteiger partial charge < -0.3 is 10.2 Å². The van der Waals surface area contributed by atoms with Gasteiger partial charge in [0.2, 0.25) is 5.91 Å². The molecule has 1 amide bonds. The van der Waals surface area contributed by atoms with E-state index >= 15 is 0 Å². The van der Waals surface area contributed by atoms with Crippen molar-refractivity contribution < 1.29 is 4.79 Å². The largest absolute Gasteiger partial charge is 0.342 e. The minimum Gasteiger partial charge on any atom is -0.342 e. The lowest BCUT2D eigenvalue weighted by Gasteiger charge is -2.38. The molecule has 0 spiro atoms. The van der Waals surface area contributed by atoms with E-state index in [2.05, 4.69) is 45.5 Å². The maximum absolute atomic E-state index is 12.2. The molecular formula is C17H25BrN2O. The standard InChI is InChI=1S/C17H25BrN2O/c1-4-20(5-2)17(21)12(3)19-16-10-14(11-16)13-6-8-15(18)9-7-13/h6-9,12,14,16,19H,4-5,10-11H2,1-3H3. The lowest BCUT2D eigenvalue weighted by molar-refractivity contribution is -0.133. The van der Waals surface area contributed by atoms with Crippen LogP contribution in [0.3, 0.4) is 0 Å². The number of carbonyl (C=O) groups excluding carboxylic acids is 1. The summed E-state index contributed by atoms with van der Waals surface area (Å²) >= 11 is 3.47. The maximum Gasteiger partial charge on any atom is 0.239 e. The highest BCUT2D eigenvalue weighted by Crippen LogP contribution is 2.37. The van der Waals surface area contributed by atoms with Crippen LogP contribution in [0.25, 0.3) is 0 Å². The second kappa shape index (κ2) is 7.41. The monoisotopic (exact) mass is 352 g/mol. The van der Waals surface area contributed by atoms with E-state index in [0.29, 0.717) is 12.0 Å². The molecule has 1 saturated carbocycles. The highest BCUT2D eigenvalue weighted by molar-refractivity contribution is 9.10. The SMILES string of the molecule is CCN(CC)C(=O)C(C)NC1CC(c2ccc(Br)cc2)C1. The number of benzene rings is 1. The first kappa shape index (κ1) is 16.5. The van der Waals surface area contributed by atoms with Gasteiger partial charge in [-0.15, -0.1) is 0 Å². The van der Waals surface area contributed by atoms with Crippen LogP contribution >= 0.6 is 15.9 Å². The fourth-order valence-electron chi connectivity index (χ4n) is 3.00. The van der Waals surface area contributed by atoms with Gasteiger partial charge in [0.15, 0.2) is 0 Å². The van der Waals surface area contributed by atoms with Crippen molar-refractivity contribution in [3.05, 3.63) is 34.3 Å². The van der Waals surface area contributed by atoms with E-state index in [1.165, 1.54) is 5.56 Å². The van der Waals surface area contributed by atoms with Crippen LogP contribution in [0.5, 0.6) is 0 Å². The molecule has 4 heteroatoms. The number of carbonyl (C=O) groups is 1. The summed E-state index contributed by atoms with van der Waals surface area (Å²) in [7, 11) is 0. The number of amides is 1. The number of likely N-dealkylation sites (N-methyl/N-ethyl adjacent to an activating group) is 1. The van der Waals surface area contributed by atoms with Crippen molar-refractivity contribution in [1.29, 1.82) is 0 Å². The second-order valence-electron chi connectivity index (χ2n) is 5.82. The van der Waals surface area contributed by atoms with E-state index in [4.69, 9.17) is 0 Å². The zero-order valence-corrected chi connectivity index (χ0v) is 14.7. The summed E-state index contributed by atoms with van der Waals surface area (Å²) in [5, 5.41) is 3.48. The Morgan fingerprint density at radius 2 is 1.86 bits per heavy atom. The van der Waals surface area contributed by atoms with Crippen LogP contribution in [0.15, 0.2) is 28.7 Å². The Balaban J connectivity index is 1.79. The zero-order valence-electron chi connectivity index (χ0n) is 13.1. The van der Waals surface area contributed by atoms with E-state index in [0.717, 1.165) is 30.4 Å². The molecule has 1 fully saturated rings. The molecule has 21 heavy (non-hydrogen) atoms. The van der Waals surface area contributed by atoms with E-state index in [-0.39, 0.29) is 11.9 Å². The van der Waals surface area contributed by atoms with Crippen LogP contribution in [0.1, 0.15) is 45.1 Å². The normalized spacial score (nSPS) is 22.5. The van der Waals surface area contributed by atoms with E-state index < -0.39 is 0 Å². The first-order valence-electron chi connectivity index (χ1n) is 7.85. The molecule has 1 unspecified atom stereocenters. The van der Waals surface area contributed by atoms with Crippen molar-refractivity contribution in [2.75, 3.05) is 13.1 Å². The minimum absolute atomic E-state index is 0.0826. The summed E-state index contributed by atoms with van der Waals surface area (Å²) in [5.74, 6) is 0.846. The van der Waals surface area contributed by atoms with Crippen LogP contribution in [-0.2, 0) is 4.79 Å². The average molecular weight is 353 g/mol. The van der Waals surface area contributed by atoms with E-state index in [1.807, 2.05) is 25.7 Å². The summed E-state index contributed by atoms with van der Waals surface area (Å²) in [4.78, 5) is 14.1. The van der Waals surface area contributed by atoms with Gasteiger partial charge in [0.05, 0.1) is 6.04 Å². The fourth-order valence-corrected chi connectivity index (χ4v) is 3.26. The highest BCUT2D eigenvalue weighted by Gasteiger charge is 2.32. The molecule has 1 atom stereocenters. The lowest BCUT2D eigenvalue weighted by atomic mass is 9.75. The third-order valence-electron chi connectivity index (χ3n) is 4.41. The molecule has 116 valence electrons. The molecule has 3 nitrogen and oxygen atoms in total. The molecule has 2 rings (SSSR count). The van der Waals surface area contributed by atoms with Gasteiger partial charge in [-0.3, -0.25) is 4.79 Å². The molecule has 1 N–H and O–H groups in total. The third kappa shape index (κ3) is 4.07. The minimum atomic E-state index is -0.0826. The van der Waals surface area contributed by atoms with Crippen molar-refractivity contribution in [3.8, 4) is 0 Å². The molecule has 0 bridgehead atoms. The van der Waals surface area contributed by atoms with Crippen molar-refractivity contribution in [3.63, 3.8) is 0 Å². The second-order valence-corrected chi connectivity index (χ2v) is 6.73. The van der Waals surface area contributed by atoms with Crippen LogP contribution in [0.4, 0.5) is 0 Å². The van der Waals surface area contributed by atoms with Gasteiger partial charge in [-0.25, -0.2) is 0 Å². The van der Waals surface area contributed by atoms with Gasteiger partial charge in [-0.05, 0) is 57.2 Å². The van der Waals surface area contributed by atoms with E-state index in [1.54, 1.807) is 0 Å². The average Bonchev–Trinajstić information content (AvgIpc) is 2.44. The van der Waals surface area contributed by atoms with Crippen molar-refractivity contribution in [2.24, 2.45) is 0 Å². The van der Waals surface area contributed by atoms with E-state index in [9.17, 15) is 4.79 Å². The maximum atomic E-state index is 12.2. The molecule has 0 saturated heterocycles. The Labute approximate surface area is 136 Å². The number of halogens is 1. The van der Waals surface area contributed by atoms with Gasteiger partial charge in [0, 0.05) is 23.6 Å². The summed E-state index contributed by atoms with van der Waals surface area (Å²) in [5.41, 5.74) is 1.40. The number of nitrogens with zero attached hydrogens (tertiary/aromatic N) is 1. The Bertz CT molecular complexity index is 464. The van der Waals surface area contributed by atoms with Crippen LogP contribution in [0, 0.1) is 0 Å². The zero-order chi connectivity index (χ0) is 15.4. The third-order valence-corrected chi connectivity index (χ3v) is 4.94. The highest BCUT2D eigenvalue weighted by atomic mass is 79.9. The Kier molecular flexibility index (Phi) is 5.82. The molecule has 1 aromatic rings. The number of rotatable bonds is 6. The van der Waals surface area contributed by atoms with Crippen LogP contribution in [-0.4, -0.2) is 36.0 Å². The Morgan fingerprint density at radius 1 is 1.29 bits per heavy atom. The predicted octanol–water partition coefficient (Wildman–Crippen LogP) is 3.54. The number of hydrogen-bond donors (Lipinski definition) is 1. The summed E-state index contributed by atoms with van der Waals surface area (Å²) in [6.45, 7) is 7.61. The van der Waals surface area contributed by atoms with Gasteiger partial charge in [0.1, 0.15) is 0 Å². The lowest BCUT2D eigenvalue weighted by Crippen LogP contribution is -2.51. The summed E-state index contributed by atoms with van der Waals surface area (Å²) in [6.07, 6.45) is 2.25. The molecule has 0 radical (unpaired) electrons. The van der Waals surface area contributed by atoms with Gasteiger partial charge in [-0.1, -0.05) is 28.1 Å². The predicted molar refractivity (Wildman–Crippen MR) is 90.4 cm³/mol. The van der Waals surface area contributed by atoms with Crippen molar-refractivity contribution in [1.82, 2.24) is 10.2 Å². The number of hydrogen-bond acceptors (Lipinski definition) is 2. The molecular weight excluding hydrogens is 328 g/mol. The van der Waals surface area contributed by atoms with Gasteiger partial charge in [-0.2, -0.15) is 0 Å². The first-order chi connectivity index (χ1) is 10.0. The van der Waals surface area contributed by atoms with Crippen LogP contribution in [0.2, 0.25) is 0 Å². The molecule has 1 aliphatic carbocycles. The van der Waals surface area contributed by atoms with Crippen molar-refractivity contribution >= 4 is 21.8 Å².